The molecule has 0 aliphatic rings. The summed E-state index contributed by atoms with van der Waals surface area (Å²) in [6.45, 7) is 3.92. The highest BCUT2D eigenvalue weighted by atomic mass is 32.2. The number of fused-ring (bicyclic) bond motifs is 1. The van der Waals surface area contributed by atoms with E-state index in [4.69, 9.17) is 4.74 Å². The van der Waals surface area contributed by atoms with Gasteiger partial charge in [0.2, 0.25) is 5.91 Å². The lowest BCUT2D eigenvalue weighted by molar-refractivity contribution is -0.113. The molecule has 29 heavy (non-hydrogen) atoms. The lowest BCUT2D eigenvalue weighted by Gasteiger charge is -2.12. The van der Waals surface area contributed by atoms with Crippen molar-refractivity contribution in [3.8, 4) is 11.4 Å². The Morgan fingerprint density at radius 2 is 2.03 bits per heavy atom. The van der Waals surface area contributed by atoms with Gasteiger partial charge in [0.1, 0.15) is 11.3 Å². The second kappa shape index (κ2) is 8.22. The molecule has 0 unspecified atom stereocenters. The predicted octanol–water partition coefficient (Wildman–Crippen LogP) is 4.23. The number of thioether (sulfide) groups is 1. The van der Waals surface area contributed by atoms with Crippen molar-refractivity contribution in [3.05, 3.63) is 53.2 Å². The zero-order valence-corrected chi connectivity index (χ0v) is 17.8. The Hall–Kier alpha value is -2.91. The van der Waals surface area contributed by atoms with Gasteiger partial charge >= 0.3 is 0 Å². The number of rotatable bonds is 6. The average Bonchev–Trinajstić information content (AvgIpc) is 3.25. The first-order chi connectivity index (χ1) is 14.1. The number of thiazole rings is 1. The number of benzene rings is 1. The molecule has 4 aromatic rings. The molecule has 0 bridgehead atoms. The fourth-order valence-electron chi connectivity index (χ4n) is 2.83. The van der Waals surface area contributed by atoms with Gasteiger partial charge in [0, 0.05) is 11.1 Å². The van der Waals surface area contributed by atoms with E-state index in [2.05, 4.69) is 20.3 Å². The van der Waals surface area contributed by atoms with Crippen molar-refractivity contribution >= 4 is 45.3 Å². The molecule has 0 aliphatic carbocycles. The molecule has 0 radical (unpaired) electrons. The molecule has 1 aromatic carbocycles. The maximum atomic E-state index is 12.4. The minimum absolute atomic E-state index is 0.129. The molecule has 0 fully saturated rings. The quantitative estimate of drug-likeness (QED) is 0.466. The van der Waals surface area contributed by atoms with Crippen molar-refractivity contribution < 1.29 is 9.53 Å². The first kappa shape index (κ1) is 19.4. The van der Waals surface area contributed by atoms with Crippen molar-refractivity contribution in [1.29, 1.82) is 0 Å². The van der Waals surface area contributed by atoms with Crippen molar-refractivity contribution in [1.82, 2.24) is 19.5 Å². The molecule has 1 amide bonds. The van der Waals surface area contributed by atoms with E-state index in [0.717, 1.165) is 21.8 Å². The Labute approximate surface area is 176 Å². The van der Waals surface area contributed by atoms with Crippen LogP contribution in [0.2, 0.25) is 0 Å². The monoisotopic (exact) mass is 425 g/mol. The van der Waals surface area contributed by atoms with Gasteiger partial charge < -0.3 is 10.1 Å². The van der Waals surface area contributed by atoms with E-state index < -0.39 is 0 Å². The number of carbonyl (C=O) groups excluding carboxylic acids is 1. The van der Waals surface area contributed by atoms with E-state index in [0.29, 0.717) is 21.7 Å². The minimum Gasteiger partial charge on any atom is -0.495 e. The highest BCUT2D eigenvalue weighted by Crippen LogP contribution is 2.31. The van der Waals surface area contributed by atoms with Gasteiger partial charge in [-0.05, 0) is 38.1 Å². The van der Waals surface area contributed by atoms with Gasteiger partial charge in [-0.25, -0.2) is 15.0 Å². The number of anilines is 1. The van der Waals surface area contributed by atoms with E-state index in [-0.39, 0.29) is 11.7 Å². The number of aromatic nitrogens is 4. The van der Waals surface area contributed by atoms with Crippen LogP contribution < -0.4 is 10.1 Å². The number of hydrogen-bond donors (Lipinski definition) is 1. The molecular formula is C20H19N5O2S2. The van der Waals surface area contributed by atoms with Gasteiger partial charge in [-0.15, -0.1) is 11.3 Å². The summed E-state index contributed by atoms with van der Waals surface area (Å²) in [7, 11) is 1.63. The highest BCUT2D eigenvalue weighted by molar-refractivity contribution is 7.99. The number of ether oxygens (including phenoxy) is 1. The molecule has 3 heterocycles. The van der Waals surface area contributed by atoms with Crippen LogP contribution in [0, 0.1) is 13.8 Å². The Balaban J connectivity index is 1.63. The van der Waals surface area contributed by atoms with Gasteiger partial charge in [-0.1, -0.05) is 23.9 Å². The normalized spacial score (nSPS) is 11.0. The summed E-state index contributed by atoms with van der Waals surface area (Å²) in [5.74, 6) is 0.781. The summed E-state index contributed by atoms with van der Waals surface area (Å²) in [5, 5.41) is 4.15. The van der Waals surface area contributed by atoms with Gasteiger partial charge in [0.05, 0.1) is 24.2 Å². The summed E-state index contributed by atoms with van der Waals surface area (Å²) >= 11 is 2.82. The van der Waals surface area contributed by atoms with Crippen LogP contribution in [0.4, 0.5) is 5.13 Å². The Morgan fingerprint density at radius 1 is 1.21 bits per heavy atom. The zero-order valence-electron chi connectivity index (χ0n) is 16.2. The smallest absolute Gasteiger partial charge is 0.236 e. The van der Waals surface area contributed by atoms with Crippen LogP contribution >= 0.6 is 23.1 Å². The number of imidazole rings is 1. The lowest BCUT2D eigenvalue weighted by Crippen LogP contribution is -2.14. The minimum atomic E-state index is -0.129. The van der Waals surface area contributed by atoms with E-state index in [1.807, 2.05) is 54.8 Å². The van der Waals surface area contributed by atoms with Gasteiger partial charge in [0.25, 0.3) is 0 Å². The molecule has 0 saturated carbocycles. The number of nitrogens with one attached hydrogen (secondary N) is 1. The third-order valence-corrected chi connectivity index (χ3v) is 6.25. The molecule has 7 nitrogen and oxygen atoms in total. The highest BCUT2D eigenvalue weighted by Gasteiger charge is 2.18. The summed E-state index contributed by atoms with van der Waals surface area (Å²) in [6.07, 6.45) is 1.73. The number of amides is 1. The molecule has 0 atom stereocenters. The molecule has 9 heteroatoms. The molecule has 0 aliphatic heterocycles. The third kappa shape index (κ3) is 3.96. The molecule has 3 aromatic heterocycles. The summed E-state index contributed by atoms with van der Waals surface area (Å²) in [4.78, 5) is 27.1. The molecular weight excluding hydrogens is 406 g/mol. The fourth-order valence-corrected chi connectivity index (χ4v) is 4.47. The SMILES string of the molecule is COc1ccccc1-n1c(SCC(=O)Nc2nc(C)c(C)s2)nc2cccnc21. The summed E-state index contributed by atoms with van der Waals surface area (Å²) in [5.41, 5.74) is 3.23. The van der Waals surface area contributed by atoms with E-state index in [1.165, 1.54) is 23.1 Å². The Morgan fingerprint density at radius 3 is 2.79 bits per heavy atom. The molecule has 0 saturated heterocycles. The van der Waals surface area contributed by atoms with Crippen molar-refractivity contribution in [2.24, 2.45) is 0 Å². The zero-order chi connectivity index (χ0) is 20.4. The van der Waals surface area contributed by atoms with Crippen LogP contribution in [0.25, 0.3) is 16.9 Å². The van der Waals surface area contributed by atoms with Crippen molar-refractivity contribution in [2.45, 2.75) is 19.0 Å². The lowest BCUT2D eigenvalue weighted by atomic mass is 10.3. The van der Waals surface area contributed by atoms with Gasteiger partial charge in [-0.2, -0.15) is 0 Å². The Bertz CT molecular complexity index is 1170. The molecule has 0 spiro atoms. The van der Waals surface area contributed by atoms with Crippen LogP contribution in [0.1, 0.15) is 10.6 Å². The first-order valence-corrected chi connectivity index (χ1v) is 10.7. The van der Waals surface area contributed by atoms with Crippen LogP contribution in [0.15, 0.2) is 47.8 Å². The first-order valence-electron chi connectivity index (χ1n) is 8.90. The summed E-state index contributed by atoms with van der Waals surface area (Å²) in [6, 6.07) is 11.4. The van der Waals surface area contributed by atoms with Crippen molar-refractivity contribution in [3.63, 3.8) is 0 Å². The van der Waals surface area contributed by atoms with E-state index in [9.17, 15) is 4.79 Å². The standard InChI is InChI=1S/C20H19N5O2S2/c1-12-13(2)29-19(22-12)24-17(26)11-28-20-23-14-7-6-10-21-18(14)25(20)15-8-4-5-9-16(15)27-3/h4-10H,11H2,1-3H3,(H,22,24,26). The number of aryl methyl sites for hydroxylation is 2. The Kier molecular flexibility index (Phi) is 5.50. The second-order valence-electron chi connectivity index (χ2n) is 6.25. The van der Waals surface area contributed by atoms with E-state index in [1.54, 1.807) is 13.3 Å². The van der Waals surface area contributed by atoms with Gasteiger partial charge in [-0.3, -0.25) is 9.36 Å². The van der Waals surface area contributed by atoms with Crippen molar-refractivity contribution in [2.75, 3.05) is 18.2 Å². The third-order valence-electron chi connectivity index (χ3n) is 4.32. The largest absolute Gasteiger partial charge is 0.495 e. The topological polar surface area (TPSA) is 81.9 Å². The van der Waals surface area contributed by atoms with Crippen LogP contribution in [-0.4, -0.2) is 38.3 Å². The average molecular weight is 426 g/mol. The number of hydrogen-bond acceptors (Lipinski definition) is 7. The molecule has 1 N–H and O–H groups in total. The molecule has 4 rings (SSSR count). The van der Waals surface area contributed by atoms with Crippen LogP contribution in [0.5, 0.6) is 5.75 Å². The second-order valence-corrected chi connectivity index (χ2v) is 8.39. The number of para-hydroxylation sites is 2. The number of nitrogens with zero attached hydrogens (tertiary/aromatic N) is 4. The van der Waals surface area contributed by atoms with Crippen LogP contribution in [-0.2, 0) is 4.79 Å². The number of methoxy groups -OCH3 is 1. The number of carbonyl (C=O) groups is 1. The predicted molar refractivity (Wildman–Crippen MR) is 116 cm³/mol. The van der Waals surface area contributed by atoms with E-state index >= 15 is 0 Å². The molecule has 148 valence electrons. The summed E-state index contributed by atoms with van der Waals surface area (Å²) < 4.78 is 7.44. The van der Waals surface area contributed by atoms with Crippen LogP contribution in [0.3, 0.4) is 0 Å². The maximum absolute atomic E-state index is 12.4. The van der Waals surface area contributed by atoms with Gasteiger partial charge in [0.15, 0.2) is 15.9 Å². The fraction of sp³-hybridized carbons (Fsp3) is 0.200. The maximum Gasteiger partial charge on any atom is 0.236 e. The number of pyridine rings is 1.